The lowest BCUT2D eigenvalue weighted by Crippen LogP contribution is -2.40. The van der Waals surface area contributed by atoms with Crippen molar-refractivity contribution in [1.82, 2.24) is 4.90 Å². The van der Waals surface area contributed by atoms with Gasteiger partial charge in [0.1, 0.15) is 11.4 Å². The normalized spacial score (nSPS) is 31.3. The number of hydrogen-bond donors (Lipinski definition) is 0. The number of hydrogen-bond acceptors (Lipinski definition) is 3. The van der Waals surface area contributed by atoms with Gasteiger partial charge in [-0.25, -0.2) is 4.79 Å². The number of nitrogens with zero attached hydrogens (tertiary/aromatic N) is 1. The van der Waals surface area contributed by atoms with Crippen molar-refractivity contribution in [1.29, 1.82) is 0 Å². The Balaban J connectivity index is 1.90. The molecule has 0 aromatic heterocycles. The van der Waals surface area contributed by atoms with Crippen LogP contribution in [0.1, 0.15) is 46.5 Å². The zero-order valence-corrected chi connectivity index (χ0v) is 11.7. The molecule has 0 spiro atoms. The lowest BCUT2D eigenvalue weighted by Gasteiger charge is -2.29. The molecular formula is C14H23NO3. The Morgan fingerprint density at radius 3 is 2.17 bits per heavy atom. The molecule has 4 nitrogen and oxygen atoms in total. The van der Waals surface area contributed by atoms with E-state index >= 15 is 0 Å². The molecule has 2 aliphatic rings. The van der Waals surface area contributed by atoms with E-state index in [1.165, 1.54) is 0 Å². The zero-order valence-electron chi connectivity index (χ0n) is 11.7. The highest BCUT2D eigenvalue weighted by atomic mass is 16.6. The van der Waals surface area contributed by atoms with Gasteiger partial charge in [-0.2, -0.15) is 0 Å². The van der Waals surface area contributed by atoms with Crippen LogP contribution in [0.2, 0.25) is 0 Å². The van der Waals surface area contributed by atoms with Crippen molar-refractivity contribution >= 4 is 11.9 Å². The minimum Gasteiger partial charge on any atom is -0.444 e. The number of ether oxygens (including phenoxy) is 1. The lowest BCUT2D eigenvalue weighted by atomic mass is 10.0. The van der Waals surface area contributed by atoms with E-state index in [1.54, 1.807) is 4.90 Å². The minimum absolute atomic E-state index is 0.239. The van der Waals surface area contributed by atoms with Gasteiger partial charge in [0.25, 0.3) is 0 Å². The Labute approximate surface area is 109 Å². The van der Waals surface area contributed by atoms with Gasteiger partial charge in [-0.15, -0.1) is 0 Å². The standard InChI is InChI=1S/C14H23NO3/c1-14(2,3)18-13(17)15(4)11-5-9-7-12(16)8-10(9)6-11/h9-11H,5-8H2,1-4H3/t9-,10+,11+. The summed E-state index contributed by atoms with van der Waals surface area (Å²) in [7, 11) is 1.81. The molecular weight excluding hydrogens is 230 g/mol. The molecule has 0 aliphatic heterocycles. The molecule has 0 radical (unpaired) electrons. The van der Waals surface area contributed by atoms with Crippen LogP contribution in [-0.4, -0.2) is 35.5 Å². The highest BCUT2D eigenvalue weighted by Crippen LogP contribution is 2.43. The van der Waals surface area contributed by atoms with Gasteiger partial charge in [0.05, 0.1) is 0 Å². The molecule has 0 bridgehead atoms. The van der Waals surface area contributed by atoms with Gasteiger partial charge >= 0.3 is 6.09 Å². The Kier molecular flexibility index (Phi) is 3.39. The number of ketones is 1. The second-order valence-electron chi connectivity index (χ2n) is 6.68. The Morgan fingerprint density at radius 1 is 1.22 bits per heavy atom. The van der Waals surface area contributed by atoms with Crippen LogP contribution in [0.15, 0.2) is 0 Å². The third-order valence-electron chi connectivity index (χ3n) is 4.03. The zero-order chi connectivity index (χ0) is 13.5. The summed E-state index contributed by atoms with van der Waals surface area (Å²) in [6.45, 7) is 5.63. The number of fused-ring (bicyclic) bond motifs is 1. The van der Waals surface area contributed by atoms with Gasteiger partial charge in [-0.1, -0.05) is 0 Å². The van der Waals surface area contributed by atoms with Crippen molar-refractivity contribution in [2.24, 2.45) is 11.8 Å². The summed E-state index contributed by atoms with van der Waals surface area (Å²) in [5, 5.41) is 0. The van der Waals surface area contributed by atoms with Crippen LogP contribution >= 0.6 is 0 Å². The topological polar surface area (TPSA) is 46.6 Å². The van der Waals surface area contributed by atoms with Gasteiger partial charge in [0.2, 0.25) is 0 Å². The molecule has 102 valence electrons. The summed E-state index contributed by atoms with van der Waals surface area (Å²) in [5.74, 6) is 1.38. The monoisotopic (exact) mass is 253 g/mol. The van der Waals surface area contributed by atoms with Gasteiger partial charge in [0.15, 0.2) is 0 Å². The van der Waals surface area contributed by atoms with E-state index in [0.29, 0.717) is 30.5 Å². The maximum Gasteiger partial charge on any atom is 0.410 e. The Bertz CT molecular complexity index is 343. The van der Waals surface area contributed by atoms with Crippen LogP contribution in [0, 0.1) is 11.8 Å². The Hall–Kier alpha value is -1.06. The molecule has 2 rings (SSSR count). The third kappa shape index (κ3) is 2.85. The SMILES string of the molecule is CN(C(=O)OC(C)(C)C)[C@@H]1C[C@H]2CC(=O)C[C@H]2C1. The molecule has 2 saturated carbocycles. The number of carbonyl (C=O) groups excluding carboxylic acids is 2. The minimum atomic E-state index is -0.449. The van der Waals surface area contributed by atoms with Crippen molar-refractivity contribution in [3.63, 3.8) is 0 Å². The predicted octanol–water partition coefficient (Wildman–Crippen LogP) is 2.61. The first kappa shape index (κ1) is 13.4. The fourth-order valence-electron chi connectivity index (χ4n) is 3.15. The van der Waals surface area contributed by atoms with E-state index in [2.05, 4.69) is 0 Å². The summed E-state index contributed by atoms with van der Waals surface area (Å²) in [4.78, 5) is 25.0. The lowest BCUT2D eigenvalue weighted by molar-refractivity contribution is -0.117. The molecule has 1 amide bonds. The van der Waals surface area contributed by atoms with Crippen LogP contribution in [0.5, 0.6) is 0 Å². The summed E-state index contributed by atoms with van der Waals surface area (Å²) in [6, 6.07) is 0.239. The number of amides is 1. The van der Waals surface area contributed by atoms with Gasteiger partial charge < -0.3 is 9.64 Å². The molecule has 0 heterocycles. The van der Waals surface area contributed by atoms with Crippen molar-refractivity contribution in [3.8, 4) is 0 Å². The summed E-state index contributed by atoms with van der Waals surface area (Å²) >= 11 is 0. The van der Waals surface area contributed by atoms with E-state index in [0.717, 1.165) is 12.8 Å². The van der Waals surface area contributed by atoms with Crippen LogP contribution in [0.4, 0.5) is 4.79 Å². The summed E-state index contributed by atoms with van der Waals surface area (Å²) in [6.07, 6.45) is 3.07. The highest BCUT2D eigenvalue weighted by molar-refractivity contribution is 5.81. The van der Waals surface area contributed by atoms with Gasteiger partial charge in [0, 0.05) is 25.9 Å². The number of rotatable bonds is 1. The molecule has 3 atom stereocenters. The van der Waals surface area contributed by atoms with E-state index in [-0.39, 0.29) is 12.1 Å². The molecule has 2 aliphatic carbocycles. The van der Waals surface area contributed by atoms with Crippen LogP contribution in [0.25, 0.3) is 0 Å². The second kappa shape index (κ2) is 4.56. The Morgan fingerprint density at radius 2 is 1.72 bits per heavy atom. The summed E-state index contributed by atoms with van der Waals surface area (Å²) in [5.41, 5.74) is -0.449. The quantitative estimate of drug-likeness (QED) is 0.721. The third-order valence-corrected chi connectivity index (χ3v) is 4.03. The van der Waals surface area contributed by atoms with Crippen molar-refractivity contribution in [2.45, 2.75) is 58.1 Å². The van der Waals surface area contributed by atoms with Crippen molar-refractivity contribution < 1.29 is 14.3 Å². The molecule has 0 aromatic rings. The average molecular weight is 253 g/mol. The van der Waals surface area contributed by atoms with Gasteiger partial charge in [-0.3, -0.25) is 4.79 Å². The van der Waals surface area contributed by atoms with Gasteiger partial charge in [-0.05, 0) is 45.4 Å². The largest absolute Gasteiger partial charge is 0.444 e. The van der Waals surface area contributed by atoms with E-state index < -0.39 is 5.60 Å². The molecule has 0 aromatic carbocycles. The van der Waals surface area contributed by atoms with Crippen LogP contribution in [-0.2, 0) is 9.53 Å². The van der Waals surface area contributed by atoms with Crippen molar-refractivity contribution in [2.75, 3.05) is 7.05 Å². The predicted molar refractivity (Wildman–Crippen MR) is 68.2 cm³/mol. The first-order valence-electron chi connectivity index (χ1n) is 6.74. The maximum atomic E-state index is 12.0. The average Bonchev–Trinajstić information content (AvgIpc) is 2.70. The van der Waals surface area contributed by atoms with E-state index in [9.17, 15) is 9.59 Å². The fraction of sp³-hybridized carbons (Fsp3) is 0.857. The van der Waals surface area contributed by atoms with E-state index in [1.807, 2.05) is 27.8 Å². The van der Waals surface area contributed by atoms with Crippen molar-refractivity contribution in [3.05, 3.63) is 0 Å². The first-order valence-corrected chi connectivity index (χ1v) is 6.74. The second-order valence-corrected chi connectivity index (χ2v) is 6.68. The van der Waals surface area contributed by atoms with Crippen LogP contribution in [0.3, 0.4) is 0 Å². The maximum absolute atomic E-state index is 12.0. The van der Waals surface area contributed by atoms with Crippen LogP contribution < -0.4 is 0 Å². The highest BCUT2D eigenvalue weighted by Gasteiger charge is 2.43. The molecule has 2 fully saturated rings. The molecule has 0 N–H and O–H groups in total. The summed E-state index contributed by atoms with van der Waals surface area (Å²) < 4.78 is 5.38. The number of carbonyl (C=O) groups is 2. The fourth-order valence-corrected chi connectivity index (χ4v) is 3.15. The molecule has 0 unspecified atom stereocenters. The molecule has 0 saturated heterocycles. The molecule has 4 heteroatoms. The molecule has 18 heavy (non-hydrogen) atoms. The van der Waals surface area contributed by atoms with E-state index in [4.69, 9.17) is 4.74 Å². The smallest absolute Gasteiger partial charge is 0.410 e. The number of Topliss-reactive ketones (excluding diaryl/α,β-unsaturated/α-hetero) is 1. The first-order chi connectivity index (χ1) is 8.26.